The molecule has 0 saturated heterocycles. The molecule has 1 aromatic heterocycles. The van der Waals surface area contributed by atoms with Crippen molar-refractivity contribution in [3.8, 4) is 0 Å². The summed E-state index contributed by atoms with van der Waals surface area (Å²) in [6.07, 6.45) is 3.45. The number of fused-ring (bicyclic) bond motifs is 1. The number of hydrogen-bond acceptors (Lipinski definition) is 2. The van der Waals surface area contributed by atoms with Gasteiger partial charge in [0, 0.05) is 24.7 Å². The second kappa shape index (κ2) is 4.28. The molecule has 2 rings (SSSR count). The molecule has 0 aromatic carbocycles. The molecule has 0 saturated carbocycles. The Balaban J connectivity index is 2.16. The second-order valence-corrected chi connectivity index (χ2v) is 4.20. The van der Waals surface area contributed by atoms with Crippen molar-refractivity contribution in [2.24, 2.45) is 0 Å². The van der Waals surface area contributed by atoms with Crippen molar-refractivity contribution in [1.82, 2.24) is 10.3 Å². The minimum atomic E-state index is 0.582. The molecule has 0 spiro atoms. The van der Waals surface area contributed by atoms with Crippen molar-refractivity contribution in [3.63, 3.8) is 0 Å². The molecule has 3 heteroatoms. The van der Waals surface area contributed by atoms with Gasteiger partial charge in [-0.05, 0) is 18.1 Å². The SMILES string of the molecule is CCCC1Cc2nc(Cl)ccc2CN1. The molecule has 1 atom stereocenters. The molecule has 0 fully saturated rings. The third-order valence-corrected chi connectivity index (χ3v) is 2.90. The highest BCUT2D eigenvalue weighted by Crippen LogP contribution is 2.19. The third-order valence-electron chi connectivity index (χ3n) is 2.69. The van der Waals surface area contributed by atoms with Gasteiger partial charge in [0.15, 0.2) is 0 Å². The Morgan fingerprint density at radius 1 is 1.57 bits per heavy atom. The van der Waals surface area contributed by atoms with E-state index in [-0.39, 0.29) is 0 Å². The first-order valence-electron chi connectivity index (χ1n) is 5.17. The van der Waals surface area contributed by atoms with Crippen molar-refractivity contribution in [2.75, 3.05) is 0 Å². The monoisotopic (exact) mass is 210 g/mol. The summed E-state index contributed by atoms with van der Waals surface area (Å²) in [7, 11) is 0. The quantitative estimate of drug-likeness (QED) is 0.759. The second-order valence-electron chi connectivity index (χ2n) is 3.81. The molecule has 14 heavy (non-hydrogen) atoms. The van der Waals surface area contributed by atoms with Gasteiger partial charge >= 0.3 is 0 Å². The van der Waals surface area contributed by atoms with E-state index in [0.29, 0.717) is 11.2 Å². The Hall–Kier alpha value is -0.600. The summed E-state index contributed by atoms with van der Waals surface area (Å²) < 4.78 is 0. The molecule has 1 N–H and O–H groups in total. The Kier molecular flexibility index (Phi) is 3.04. The van der Waals surface area contributed by atoms with Gasteiger partial charge in [-0.25, -0.2) is 4.98 Å². The fourth-order valence-electron chi connectivity index (χ4n) is 1.95. The summed E-state index contributed by atoms with van der Waals surface area (Å²) in [5, 5.41) is 4.12. The first-order valence-corrected chi connectivity index (χ1v) is 5.55. The largest absolute Gasteiger partial charge is 0.309 e. The summed E-state index contributed by atoms with van der Waals surface area (Å²) in [5.41, 5.74) is 2.47. The molecule has 76 valence electrons. The lowest BCUT2D eigenvalue weighted by molar-refractivity contribution is 0.442. The molecule has 1 aliphatic heterocycles. The van der Waals surface area contributed by atoms with Crippen LogP contribution < -0.4 is 5.32 Å². The lowest BCUT2D eigenvalue weighted by atomic mass is 9.98. The smallest absolute Gasteiger partial charge is 0.129 e. The normalized spacial score (nSPS) is 20.6. The molecule has 0 amide bonds. The summed E-state index contributed by atoms with van der Waals surface area (Å²) in [5.74, 6) is 0. The molecule has 0 radical (unpaired) electrons. The number of halogens is 1. The molecule has 1 aliphatic rings. The van der Waals surface area contributed by atoms with E-state index in [4.69, 9.17) is 11.6 Å². The van der Waals surface area contributed by atoms with E-state index in [2.05, 4.69) is 23.3 Å². The van der Waals surface area contributed by atoms with Crippen molar-refractivity contribution in [2.45, 2.75) is 38.8 Å². The van der Waals surface area contributed by atoms with E-state index in [9.17, 15) is 0 Å². The standard InChI is InChI=1S/C11H15ClN2/c1-2-3-9-6-10-8(7-13-9)4-5-11(12)14-10/h4-5,9,13H,2-3,6-7H2,1H3. The van der Waals surface area contributed by atoms with Gasteiger partial charge in [0.25, 0.3) is 0 Å². The van der Waals surface area contributed by atoms with Crippen LogP contribution in [0.2, 0.25) is 5.15 Å². The van der Waals surface area contributed by atoms with Crippen LogP contribution in [0.5, 0.6) is 0 Å². The van der Waals surface area contributed by atoms with Gasteiger partial charge in [-0.2, -0.15) is 0 Å². The van der Waals surface area contributed by atoms with Gasteiger partial charge in [-0.3, -0.25) is 0 Å². The highest BCUT2D eigenvalue weighted by Gasteiger charge is 2.18. The zero-order valence-electron chi connectivity index (χ0n) is 8.39. The van der Waals surface area contributed by atoms with E-state index in [1.807, 2.05) is 6.07 Å². The first kappa shape index (κ1) is 9.94. The average Bonchev–Trinajstić information content (AvgIpc) is 2.17. The lowest BCUT2D eigenvalue weighted by Gasteiger charge is -2.24. The number of nitrogens with zero attached hydrogens (tertiary/aromatic N) is 1. The summed E-state index contributed by atoms with van der Waals surface area (Å²) in [6, 6.07) is 4.51. The molecule has 1 unspecified atom stereocenters. The maximum Gasteiger partial charge on any atom is 0.129 e. The number of hydrogen-bond donors (Lipinski definition) is 1. The van der Waals surface area contributed by atoms with Gasteiger partial charge in [0.05, 0.1) is 0 Å². The molecule has 0 aliphatic carbocycles. The van der Waals surface area contributed by atoms with Crippen LogP contribution in [0.1, 0.15) is 31.0 Å². The number of pyridine rings is 1. The predicted molar refractivity (Wildman–Crippen MR) is 58.5 cm³/mol. The molecule has 1 aromatic rings. The zero-order chi connectivity index (χ0) is 9.97. The fourth-order valence-corrected chi connectivity index (χ4v) is 2.12. The molecular weight excluding hydrogens is 196 g/mol. The van der Waals surface area contributed by atoms with Crippen LogP contribution in [-0.2, 0) is 13.0 Å². The Morgan fingerprint density at radius 2 is 2.43 bits per heavy atom. The minimum absolute atomic E-state index is 0.582. The maximum atomic E-state index is 5.87. The average molecular weight is 211 g/mol. The topological polar surface area (TPSA) is 24.9 Å². The number of nitrogens with one attached hydrogen (secondary N) is 1. The summed E-state index contributed by atoms with van der Waals surface area (Å²) >= 11 is 5.87. The Bertz CT molecular complexity index is 325. The van der Waals surface area contributed by atoms with E-state index < -0.39 is 0 Å². The van der Waals surface area contributed by atoms with E-state index in [1.165, 1.54) is 24.1 Å². The Morgan fingerprint density at radius 3 is 3.21 bits per heavy atom. The van der Waals surface area contributed by atoms with Gasteiger partial charge in [-0.1, -0.05) is 31.0 Å². The highest BCUT2D eigenvalue weighted by molar-refractivity contribution is 6.29. The van der Waals surface area contributed by atoms with E-state index in [1.54, 1.807) is 0 Å². The van der Waals surface area contributed by atoms with Crippen LogP contribution in [-0.4, -0.2) is 11.0 Å². The van der Waals surface area contributed by atoms with Gasteiger partial charge in [0.2, 0.25) is 0 Å². The van der Waals surface area contributed by atoms with Crippen LogP contribution in [0.3, 0.4) is 0 Å². The van der Waals surface area contributed by atoms with E-state index in [0.717, 1.165) is 13.0 Å². The summed E-state index contributed by atoms with van der Waals surface area (Å²) in [4.78, 5) is 4.37. The van der Waals surface area contributed by atoms with Crippen molar-refractivity contribution >= 4 is 11.6 Å². The maximum absolute atomic E-state index is 5.87. The van der Waals surface area contributed by atoms with Crippen molar-refractivity contribution in [1.29, 1.82) is 0 Å². The number of rotatable bonds is 2. The minimum Gasteiger partial charge on any atom is -0.309 e. The third kappa shape index (κ3) is 2.07. The van der Waals surface area contributed by atoms with Gasteiger partial charge in [0.1, 0.15) is 5.15 Å². The van der Waals surface area contributed by atoms with Crippen LogP contribution in [0.25, 0.3) is 0 Å². The zero-order valence-corrected chi connectivity index (χ0v) is 9.14. The van der Waals surface area contributed by atoms with Crippen LogP contribution in [0, 0.1) is 0 Å². The lowest BCUT2D eigenvalue weighted by Crippen LogP contribution is -2.35. The molecular formula is C11H15ClN2. The molecule has 2 nitrogen and oxygen atoms in total. The van der Waals surface area contributed by atoms with Gasteiger partial charge in [-0.15, -0.1) is 0 Å². The summed E-state index contributed by atoms with van der Waals surface area (Å²) in [6.45, 7) is 3.15. The van der Waals surface area contributed by atoms with Crippen molar-refractivity contribution in [3.05, 3.63) is 28.5 Å². The van der Waals surface area contributed by atoms with Crippen molar-refractivity contribution < 1.29 is 0 Å². The highest BCUT2D eigenvalue weighted by atomic mass is 35.5. The predicted octanol–water partition coefficient (Wildman–Crippen LogP) is 2.55. The number of aromatic nitrogens is 1. The van der Waals surface area contributed by atoms with Gasteiger partial charge < -0.3 is 5.32 Å². The first-order chi connectivity index (χ1) is 6.79. The molecule has 2 heterocycles. The Labute approximate surface area is 89.7 Å². The fraction of sp³-hybridized carbons (Fsp3) is 0.545. The van der Waals surface area contributed by atoms with Crippen LogP contribution in [0.15, 0.2) is 12.1 Å². The van der Waals surface area contributed by atoms with E-state index >= 15 is 0 Å². The van der Waals surface area contributed by atoms with Crippen LogP contribution in [0.4, 0.5) is 0 Å². The molecule has 0 bridgehead atoms. The van der Waals surface area contributed by atoms with Crippen LogP contribution >= 0.6 is 11.6 Å².